The third-order valence-corrected chi connectivity index (χ3v) is 6.14. The van der Waals surface area contributed by atoms with Gasteiger partial charge in [-0.15, -0.1) is 0 Å². The number of hydrogen-bond donors (Lipinski definition) is 0. The van der Waals surface area contributed by atoms with E-state index in [0.29, 0.717) is 5.56 Å². The van der Waals surface area contributed by atoms with Gasteiger partial charge in [0, 0.05) is 13.1 Å². The quantitative estimate of drug-likeness (QED) is 0.685. The molecule has 0 aliphatic rings. The molecule has 0 saturated heterocycles. The highest BCUT2D eigenvalue weighted by Gasteiger charge is 2.31. The molecule has 3 rings (SSSR count). The zero-order chi connectivity index (χ0) is 18.9. The van der Waals surface area contributed by atoms with Crippen LogP contribution in [-0.4, -0.2) is 34.5 Å². The molecule has 0 aliphatic heterocycles. The van der Waals surface area contributed by atoms with E-state index in [2.05, 4.69) is 10.1 Å². The first-order chi connectivity index (χ1) is 12.3. The van der Waals surface area contributed by atoms with E-state index in [1.54, 1.807) is 35.9 Å². The first-order valence-electron chi connectivity index (χ1n) is 7.69. The van der Waals surface area contributed by atoms with Crippen LogP contribution < -0.4 is 0 Å². The molecular formula is C17H16F2N4O2S. The van der Waals surface area contributed by atoms with E-state index in [4.69, 9.17) is 0 Å². The van der Waals surface area contributed by atoms with Gasteiger partial charge in [0.15, 0.2) is 4.90 Å². The number of benzene rings is 2. The van der Waals surface area contributed by atoms with Crippen LogP contribution in [0.1, 0.15) is 18.5 Å². The maximum absolute atomic E-state index is 13.9. The second kappa shape index (κ2) is 6.93. The van der Waals surface area contributed by atoms with Crippen molar-refractivity contribution in [2.24, 2.45) is 0 Å². The summed E-state index contributed by atoms with van der Waals surface area (Å²) in [7, 11) is -3.06. The van der Waals surface area contributed by atoms with Crippen LogP contribution in [0.4, 0.5) is 8.78 Å². The largest absolute Gasteiger partial charge is 0.249 e. The zero-order valence-corrected chi connectivity index (χ0v) is 14.9. The third-order valence-electron chi connectivity index (χ3n) is 4.16. The van der Waals surface area contributed by atoms with Gasteiger partial charge in [0.25, 0.3) is 0 Å². The summed E-state index contributed by atoms with van der Waals surface area (Å²) < 4.78 is 55.7. The highest BCUT2D eigenvalue weighted by molar-refractivity contribution is 7.89. The van der Waals surface area contributed by atoms with E-state index < -0.39 is 32.6 Å². The first-order valence-corrected chi connectivity index (χ1v) is 9.13. The van der Waals surface area contributed by atoms with Gasteiger partial charge >= 0.3 is 0 Å². The minimum atomic E-state index is -4.35. The Balaban J connectivity index is 1.90. The highest BCUT2D eigenvalue weighted by Crippen LogP contribution is 2.29. The summed E-state index contributed by atoms with van der Waals surface area (Å²) in [5, 5.41) is 4.01. The molecule has 1 heterocycles. The van der Waals surface area contributed by atoms with Crippen LogP contribution in [0.3, 0.4) is 0 Å². The second-order valence-corrected chi connectivity index (χ2v) is 7.61. The van der Waals surface area contributed by atoms with Gasteiger partial charge < -0.3 is 0 Å². The predicted octanol–water partition coefficient (Wildman–Crippen LogP) is 2.93. The lowest BCUT2D eigenvalue weighted by Gasteiger charge is -2.25. The summed E-state index contributed by atoms with van der Waals surface area (Å²) in [6.07, 6.45) is 2.94. The molecule has 0 saturated carbocycles. The van der Waals surface area contributed by atoms with Crippen LogP contribution >= 0.6 is 0 Å². The monoisotopic (exact) mass is 378 g/mol. The van der Waals surface area contributed by atoms with Crippen LogP contribution in [0.25, 0.3) is 5.69 Å². The number of sulfonamides is 1. The van der Waals surface area contributed by atoms with E-state index in [1.807, 2.05) is 0 Å². The lowest BCUT2D eigenvalue weighted by atomic mass is 10.1. The van der Waals surface area contributed by atoms with Crippen molar-refractivity contribution < 1.29 is 17.2 Å². The first kappa shape index (κ1) is 18.2. The Hall–Kier alpha value is -2.65. The number of nitrogens with zero attached hydrogens (tertiary/aromatic N) is 4. The van der Waals surface area contributed by atoms with Crippen LogP contribution in [-0.2, 0) is 10.0 Å². The fraction of sp³-hybridized carbons (Fsp3) is 0.176. The van der Waals surface area contributed by atoms with Crippen molar-refractivity contribution in [3.63, 3.8) is 0 Å². The van der Waals surface area contributed by atoms with Gasteiger partial charge in [0.05, 0.1) is 5.69 Å². The molecule has 26 heavy (non-hydrogen) atoms. The summed E-state index contributed by atoms with van der Waals surface area (Å²) in [4.78, 5) is 2.91. The van der Waals surface area contributed by atoms with Crippen molar-refractivity contribution in [3.05, 3.63) is 72.3 Å². The molecule has 0 N–H and O–H groups in total. The Morgan fingerprint density at radius 2 is 1.69 bits per heavy atom. The fourth-order valence-electron chi connectivity index (χ4n) is 2.54. The van der Waals surface area contributed by atoms with Gasteiger partial charge in [0.1, 0.15) is 24.3 Å². The van der Waals surface area contributed by atoms with Gasteiger partial charge in [-0.3, -0.25) is 0 Å². The van der Waals surface area contributed by atoms with Crippen molar-refractivity contribution in [2.75, 3.05) is 7.05 Å². The molecule has 1 unspecified atom stereocenters. The summed E-state index contributed by atoms with van der Waals surface area (Å²) in [6.45, 7) is 1.64. The predicted molar refractivity (Wildman–Crippen MR) is 91.1 cm³/mol. The number of halogens is 2. The van der Waals surface area contributed by atoms with Crippen molar-refractivity contribution in [1.82, 2.24) is 19.1 Å². The lowest BCUT2D eigenvalue weighted by molar-refractivity contribution is 0.390. The molecule has 0 spiro atoms. The Bertz CT molecular complexity index is 986. The summed E-state index contributed by atoms with van der Waals surface area (Å²) >= 11 is 0. The van der Waals surface area contributed by atoms with Crippen LogP contribution in [0, 0.1) is 11.6 Å². The van der Waals surface area contributed by atoms with Gasteiger partial charge in [-0.1, -0.05) is 18.2 Å². The average molecular weight is 378 g/mol. The van der Waals surface area contributed by atoms with Gasteiger partial charge in [-0.2, -0.15) is 9.40 Å². The van der Waals surface area contributed by atoms with Crippen LogP contribution in [0.15, 0.2) is 60.0 Å². The molecule has 0 aliphatic carbocycles. The van der Waals surface area contributed by atoms with E-state index >= 15 is 0 Å². The minimum absolute atomic E-state index is 0.635. The molecular weight excluding hydrogens is 362 g/mol. The summed E-state index contributed by atoms with van der Waals surface area (Å²) in [6, 6.07) is 9.29. The van der Waals surface area contributed by atoms with E-state index in [1.165, 1.54) is 19.7 Å². The van der Waals surface area contributed by atoms with Gasteiger partial charge in [-0.05, 0) is 36.8 Å². The highest BCUT2D eigenvalue weighted by atomic mass is 32.2. The van der Waals surface area contributed by atoms with E-state index in [0.717, 1.165) is 28.2 Å². The van der Waals surface area contributed by atoms with Crippen molar-refractivity contribution in [3.8, 4) is 5.69 Å². The number of aromatic nitrogens is 3. The smallest absolute Gasteiger partial charge is 0.223 e. The van der Waals surface area contributed by atoms with Crippen molar-refractivity contribution in [2.45, 2.75) is 17.9 Å². The van der Waals surface area contributed by atoms with Crippen LogP contribution in [0.2, 0.25) is 0 Å². The maximum Gasteiger partial charge on any atom is 0.249 e. The van der Waals surface area contributed by atoms with Crippen molar-refractivity contribution >= 4 is 10.0 Å². The zero-order valence-electron chi connectivity index (χ0n) is 14.0. The fourth-order valence-corrected chi connectivity index (χ4v) is 3.99. The minimum Gasteiger partial charge on any atom is -0.223 e. The molecule has 9 heteroatoms. The second-order valence-electron chi connectivity index (χ2n) is 5.68. The van der Waals surface area contributed by atoms with E-state index in [9.17, 15) is 17.2 Å². The summed E-state index contributed by atoms with van der Waals surface area (Å²) in [5.41, 5.74) is 1.42. The molecule has 0 radical (unpaired) electrons. The van der Waals surface area contributed by atoms with E-state index in [-0.39, 0.29) is 0 Å². The molecule has 0 amide bonds. The van der Waals surface area contributed by atoms with Gasteiger partial charge in [-0.25, -0.2) is 26.9 Å². The SMILES string of the molecule is CC(c1ccc(-n2cncn2)cc1)N(C)S(=O)(=O)c1c(F)cccc1F. The molecule has 1 aromatic heterocycles. The Kier molecular flexibility index (Phi) is 4.84. The third kappa shape index (κ3) is 3.23. The number of rotatable bonds is 5. The molecule has 136 valence electrons. The Morgan fingerprint density at radius 3 is 2.23 bits per heavy atom. The standard InChI is InChI=1S/C17H16F2N4O2S/c1-12(13-6-8-14(9-7-13)23-11-20-10-21-23)22(2)26(24,25)17-15(18)4-3-5-16(17)19/h3-12H,1-2H3. The lowest BCUT2D eigenvalue weighted by Crippen LogP contribution is -2.31. The molecule has 3 aromatic rings. The maximum atomic E-state index is 13.9. The molecule has 6 nitrogen and oxygen atoms in total. The average Bonchev–Trinajstić information content (AvgIpc) is 3.15. The topological polar surface area (TPSA) is 68.1 Å². The molecule has 2 aromatic carbocycles. The molecule has 0 fully saturated rings. The Morgan fingerprint density at radius 1 is 1.08 bits per heavy atom. The van der Waals surface area contributed by atoms with Crippen molar-refractivity contribution in [1.29, 1.82) is 0 Å². The molecule has 1 atom stereocenters. The summed E-state index contributed by atoms with van der Waals surface area (Å²) in [5.74, 6) is -2.24. The number of hydrogen-bond acceptors (Lipinski definition) is 4. The van der Waals surface area contributed by atoms with Gasteiger partial charge in [0.2, 0.25) is 10.0 Å². The van der Waals surface area contributed by atoms with Crippen LogP contribution in [0.5, 0.6) is 0 Å². The Labute approximate surface area is 149 Å². The normalized spacial score (nSPS) is 13.1. The molecule has 0 bridgehead atoms.